The Labute approximate surface area is 118 Å². The van der Waals surface area contributed by atoms with Crippen LogP contribution < -0.4 is 0 Å². The minimum Gasteiger partial charge on any atom is -0.481 e. The Hall–Kier alpha value is -1.15. The molecule has 20 heavy (non-hydrogen) atoms. The Bertz CT molecular complexity index is 447. The standard InChI is InChI=1S/C12H21NO6S/c1-19-12(16)6-8-20(17,18)13-7-2-3-10(9-13)4-5-11(14)15/h10H,2-9H2,1H3,(H,14,15). The zero-order valence-electron chi connectivity index (χ0n) is 11.6. The molecule has 0 saturated carbocycles. The first-order valence-electron chi connectivity index (χ1n) is 6.61. The largest absolute Gasteiger partial charge is 0.481 e. The summed E-state index contributed by atoms with van der Waals surface area (Å²) >= 11 is 0. The molecule has 116 valence electrons. The summed E-state index contributed by atoms with van der Waals surface area (Å²) in [5, 5.41) is 8.66. The molecule has 0 aromatic rings. The van der Waals surface area contributed by atoms with Gasteiger partial charge in [0.15, 0.2) is 0 Å². The molecule has 1 atom stereocenters. The highest BCUT2D eigenvalue weighted by Gasteiger charge is 2.29. The van der Waals surface area contributed by atoms with Crippen molar-refractivity contribution in [2.24, 2.45) is 5.92 Å². The molecule has 1 N–H and O–H groups in total. The van der Waals surface area contributed by atoms with E-state index in [0.717, 1.165) is 12.8 Å². The number of hydrogen-bond donors (Lipinski definition) is 1. The van der Waals surface area contributed by atoms with E-state index in [-0.39, 0.29) is 24.5 Å². The lowest BCUT2D eigenvalue weighted by molar-refractivity contribution is -0.140. The number of ether oxygens (including phenoxy) is 1. The van der Waals surface area contributed by atoms with Crippen molar-refractivity contribution in [2.75, 3.05) is 26.0 Å². The molecule has 0 aromatic heterocycles. The Balaban J connectivity index is 2.52. The number of carbonyl (C=O) groups is 2. The van der Waals surface area contributed by atoms with E-state index in [4.69, 9.17) is 5.11 Å². The van der Waals surface area contributed by atoms with Crippen LogP contribution in [0.2, 0.25) is 0 Å². The second kappa shape index (κ2) is 7.58. The third kappa shape index (κ3) is 5.46. The van der Waals surface area contributed by atoms with E-state index < -0.39 is 22.0 Å². The fourth-order valence-electron chi connectivity index (χ4n) is 2.29. The van der Waals surface area contributed by atoms with Gasteiger partial charge in [-0.25, -0.2) is 12.7 Å². The van der Waals surface area contributed by atoms with Crippen LogP contribution in [0.3, 0.4) is 0 Å². The van der Waals surface area contributed by atoms with E-state index in [9.17, 15) is 18.0 Å². The quantitative estimate of drug-likeness (QED) is 0.686. The maximum atomic E-state index is 12.1. The number of rotatable bonds is 7. The number of carbonyl (C=O) groups excluding carboxylic acids is 1. The van der Waals surface area contributed by atoms with Gasteiger partial charge in [0.25, 0.3) is 0 Å². The number of carboxylic acids is 1. The van der Waals surface area contributed by atoms with E-state index in [1.165, 1.54) is 11.4 Å². The highest BCUT2D eigenvalue weighted by atomic mass is 32.2. The monoisotopic (exact) mass is 307 g/mol. The Kier molecular flexibility index (Phi) is 6.41. The molecule has 7 nitrogen and oxygen atoms in total. The number of esters is 1. The summed E-state index contributed by atoms with van der Waals surface area (Å²) in [6.45, 7) is 0.782. The molecule has 1 saturated heterocycles. The summed E-state index contributed by atoms with van der Waals surface area (Å²) in [5.74, 6) is -1.60. The molecule has 8 heteroatoms. The van der Waals surface area contributed by atoms with Gasteiger partial charge in [-0.05, 0) is 25.2 Å². The summed E-state index contributed by atoms with van der Waals surface area (Å²) in [7, 11) is -2.25. The summed E-state index contributed by atoms with van der Waals surface area (Å²) in [5.41, 5.74) is 0. The minimum atomic E-state index is -3.47. The molecule has 0 aliphatic carbocycles. The number of carboxylic acid groups (broad SMARTS) is 1. The van der Waals surface area contributed by atoms with E-state index in [2.05, 4.69) is 4.74 Å². The van der Waals surface area contributed by atoms with Crippen LogP contribution in [0.5, 0.6) is 0 Å². The Morgan fingerprint density at radius 2 is 2.05 bits per heavy atom. The topological polar surface area (TPSA) is 101 Å². The second-order valence-corrected chi connectivity index (χ2v) is 7.03. The first kappa shape index (κ1) is 16.9. The van der Waals surface area contributed by atoms with Gasteiger partial charge in [0.2, 0.25) is 10.0 Å². The van der Waals surface area contributed by atoms with Gasteiger partial charge in [-0.15, -0.1) is 0 Å². The van der Waals surface area contributed by atoms with Crippen LogP contribution >= 0.6 is 0 Å². The molecule has 1 aliphatic rings. The predicted octanol–water partition coefficient (Wildman–Crippen LogP) is 0.456. The predicted molar refractivity (Wildman–Crippen MR) is 71.6 cm³/mol. The lowest BCUT2D eigenvalue weighted by Gasteiger charge is -2.31. The number of piperidine rings is 1. The van der Waals surface area contributed by atoms with Gasteiger partial charge in [0.05, 0.1) is 19.3 Å². The fraction of sp³-hybridized carbons (Fsp3) is 0.833. The lowest BCUT2D eigenvalue weighted by atomic mass is 9.95. The van der Waals surface area contributed by atoms with Gasteiger partial charge in [-0.3, -0.25) is 9.59 Å². The smallest absolute Gasteiger partial charge is 0.306 e. The van der Waals surface area contributed by atoms with Gasteiger partial charge in [-0.2, -0.15) is 0 Å². The van der Waals surface area contributed by atoms with Crippen LogP contribution in [0.1, 0.15) is 32.1 Å². The first-order valence-corrected chi connectivity index (χ1v) is 8.22. The van der Waals surface area contributed by atoms with Gasteiger partial charge in [0.1, 0.15) is 0 Å². The van der Waals surface area contributed by atoms with Crippen molar-refractivity contribution in [3.05, 3.63) is 0 Å². The maximum Gasteiger partial charge on any atom is 0.306 e. The Morgan fingerprint density at radius 3 is 2.65 bits per heavy atom. The normalized spacial score (nSPS) is 20.6. The first-order chi connectivity index (χ1) is 9.35. The molecule has 0 bridgehead atoms. The van der Waals surface area contributed by atoms with Crippen LogP contribution in [0, 0.1) is 5.92 Å². The highest BCUT2D eigenvalue weighted by Crippen LogP contribution is 2.23. The molecular weight excluding hydrogens is 286 g/mol. The number of methoxy groups -OCH3 is 1. The molecule has 0 radical (unpaired) electrons. The zero-order chi connectivity index (χ0) is 15.2. The molecule has 0 amide bonds. The number of sulfonamides is 1. The van der Waals surface area contributed by atoms with Gasteiger partial charge in [0, 0.05) is 19.5 Å². The second-order valence-electron chi connectivity index (χ2n) is 4.94. The molecule has 1 fully saturated rings. The summed E-state index contributed by atoms with van der Waals surface area (Å²) in [4.78, 5) is 21.6. The van der Waals surface area contributed by atoms with Gasteiger partial charge in [-0.1, -0.05) is 0 Å². The third-order valence-corrected chi connectivity index (χ3v) is 5.27. The summed E-state index contributed by atoms with van der Waals surface area (Å²) < 4.78 is 30.0. The van der Waals surface area contributed by atoms with E-state index in [1.54, 1.807) is 0 Å². The van der Waals surface area contributed by atoms with E-state index >= 15 is 0 Å². The van der Waals surface area contributed by atoms with Crippen LogP contribution in [0.4, 0.5) is 0 Å². The SMILES string of the molecule is COC(=O)CCS(=O)(=O)N1CCCC(CCC(=O)O)C1. The highest BCUT2D eigenvalue weighted by molar-refractivity contribution is 7.89. The van der Waals surface area contributed by atoms with Crippen LogP contribution in [-0.4, -0.2) is 55.7 Å². The van der Waals surface area contributed by atoms with Gasteiger partial charge < -0.3 is 9.84 Å². The molecule has 0 aromatic carbocycles. The minimum absolute atomic E-state index is 0.0563. The van der Waals surface area contributed by atoms with Crippen molar-refractivity contribution in [3.8, 4) is 0 Å². The average molecular weight is 307 g/mol. The summed E-state index contributed by atoms with van der Waals surface area (Å²) in [6.07, 6.45) is 1.95. The number of nitrogens with zero attached hydrogens (tertiary/aromatic N) is 1. The molecule has 1 unspecified atom stereocenters. The van der Waals surface area contributed by atoms with Gasteiger partial charge >= 0.3 is 11.9 Å². The van der Waals surface area contributed by atoms with Crippen LogP contribution in [0.15, 0.2) is 0 Å². The van der Waals surface area contributed by atoms with Crippen molar-refractivity contribution in [1.82, 2.24) is 4.31 Å². The molecular formula is C12H21NO6S. The number of aliphatic carboxylic acids is 1. The van der Waals surface area contributed by atoms with Crippen LogP contribution in [-0.2, 0) is 24.3 Å². The molecule has 1 heterocycles. The van der Waals surface area contributed by atoms with Crippen molar-refractivity contribution < 1.29 is 27.9 Å². The van der Waals surface area contributed by atoms with E-state index in [0.29, 0.717) is 19.5 Å². The van der Waals surface area contributed by atoms with Crippen molar-refractivity contribution in [3.63, 3.8) is 0 Å². The third-order valence-electron chi connectivity index (χ3n) is 3.43. The van der Waals surface area contributed by atoms with Crippen LogP contribution in [0.25, 0.3) is 0 Å². The lowest BCUT2D eigenvalue weighted by Crippen LogP contribution is -2.41. The van der Waals surface area contributed by atoms with Crippen molar-refractivity contribution in [1.29, 1.82) is 0 Å². The molecule has 1 aliphatic heterocycles. The maximum absolute atomic E-state index is 12.1. The fourth-order valence-corrected chi connectivity index (χ4v) is 3.81. The molecule has 0 spiro atoms. The van der Waals surface area contributed by atoms with Crippen molar-refractivity contribution in [2.45, 2.75) is 32.1 Å². The number of hydrogen-bond acceptors (Lipinski definition) is 5. The summed E-state index contributed by atoms with van der Waals surface area (Å²) in [6, 6.07) is 0. The van der Waals surface area contributed by atoms with E-state index in [1.807, 2.05) is 0 Å². The zero-order valence-corrected chi connectivity index (χ0v) is 12.4. The van der Waals surface area contributed by atoms with Crippen molar-refractivity contribution >= 4 is 22.0 Å². The Morgan fingerprint density at radius 1 is 1.35 bits per heavy atom. The molecule has 1 rings (SSSR count). The average Bonchev–Trinajstić information content (AvgIpc) is 2.43.